The highest BCUT2D eigenvalue weighted by Crippen LogP contribution is 2.31. The molecule has 28 heavy (non-hydrogen) atoms. The molecule has 140 valence electrons. The average Bonchev–Trinajstić information content (AvgIpc) is 3.18. The maximum absolute atomic E-state index is 12.8. The van der Waals surface area contributed by atoms with Gasteiger partial charge in [-0.3, -0.25) is 0 Å². The Morgan fingerprint density at radius 1 is 0.786 bits per heavy atom. The average molecular weight is 382 g/mol. The van der Waals surface area contributed by atoms with E-state index in [1.54, 1.807) is 13.0 Å². The van der Waals surface area contributed by atoms with E-state index < -0.39 is 11.7 Å². The lowest BCUT2D eigenvalue weighted by Gasteiger charge is -2.08. The van der Waals surface area contributed by atoms with Crippen molar-refractivity contribution in [2.24, 2.45) is 0 Å². The smallest absolute Gasteiger partial charge is 0.330 e. The van der Waals surface area contributed by atoms with Gasteiger partial charge in [-0.25, -0.2) is 9.97 Å². The highest BCUT2D eigenvalue weighted by molar-refractivity contribution is 5.63. The summed E-state index contributed by atoms with van der Waals surface area (Å²) < 4.78 is 43.6. The van der Waals surface area contributed by atoms with Gasteiger partial charge < -0.3 is 4.52 Å². The molecule has 0 aliphatic rings. The molecule has 5 nitrogen and oxygen atoms in total. The molecule has 0 atom stereocenters. The van der Waals surface area contributed by atoms with Crippen LogP contribution in [0.2, 0.25) is 0 Å². The summed E-state index contributed by atoms with van der Waals surface area (Å²) in [6.45, 7) is 1.76. The number of benzene rings is 2. The van der Waals surface area contributed by atoms with Gasteiger partial charge >= 0.3 is 6.18 Å². The van der Waals surface area contributed by atoms with E-state index in [0.717, 1.165) is 17.7 Å². The Labute approximate surface area is 157 Å². The second-order valence-corrected chi connectivity index (χ2v) is 6.08. The number of hydrogen-bond donors (Lipinski definition) is 0. The molecule has 2 aromatic heterocycles. The van der Waals surface area contributed by atoms with Gasteiger partial charge in [0.1, 0.15) is 0 Å². The molecule has 0 bridgehead atoms. The molecule has 0 unspecified atom stereocenters. The normalized spacial score (nSPS) is 11.6. The van der Waals surface area contributed by atoms with Crippen LogP contribution in [-0.4, -0.2) is 20.1 Å². The number of hydrogen-bond acceptors (Lipinski definition) is 5. The van der Waals surface area contributed by atoms with Gasteiger partial charge in [0.05, 0.1) is 11.3 Å². The minimum atomic E-state index is -4.39. The lowest BCUT2D eigenvalue weighted by Crippen LogP contribution is -2.04. The summed E-state index contributed by atoms with van der Waals surface area (Å²) in [5, 5.41) is 3.94. The van der Waals surface area contributed by atoms with Crippen LogP contribution in [0, 0.1) is 6.92 Å². The van der Waals surface area contributed by atoms with Crippen LogP contribution >= 0.6 is 0 Å². The third-order valence-electron chi connectivity index (χ3n) is 4.01. The summed E-state index contributed by atoms with van der Waals surface area (Å²) in [7, 11) is 0. The first-order valence-electron chi connectivity index (χ1n) is 8.33. The van der Waals surface area contributed by atoms with Gasteiger partial charge in [0.25, 0.3) is 5.89 Å². The van der Waals surface area contributed by atoms with E-state index in [-0.39, 0.29) is 11.7 Å². The van der Waals surface area contributed by atoms with E-state index in [9.17, 15) is 13.2 Å². The summed E-state index contributed by atoms with van der Waals surface area (Å²) in [4.78, 5) is 13.0. The van der Waals surface area contributed by atoms with Crippen molar-refractivity contribution >= 4 is 0 Å². The van der Waals surface area contributed by atoms with E-state index in [1.165, 1.54) is 12.1 Å². The maximum Gasteiger partial charge on any atom is 0.416 e. The summed E-state index contributed by atoms with van der Waals surface area (Å²) in [6.07, 6.45) is -4.39. The molecule has 8 heteroatoms. The Morgan fingerprint density at radius 3 is 2.18 bits per heavy atom. The third kappa shape index (κ3) is 3.62. The fourth-order valence-corrected chi connectivity index (χ4v) is 2.66. The lowest BCUT2D eigenvalue weighted by atomic mass is 10.1. The fraction of sp³-hybridized carbons (Fsp3) is 0.100. The zero-order valence-corrected chi connectivity index (χ0v) is 14.6. The van der Waals surface area contributed by atoms with Crippen molar-refractivity contribution in [1.29, 1.82) is 0 Å². The Balaban J connectivity index is 1.69. The molecule has 0 aliphatic heterocycles. The Bertz CT molecular complexity index is 1110. The first-order chi connectivity index (χ1) is 13.4. The van der Waals surface area contributed by atoms with Gasteiger partial charge in [-0.1, -0.05) is 47.6 Å². The zero-order chi connectivity index (χ0) is 19.7. The predicted octanol–water partition coefficient (Wildman–Crippen LogP) is 5.19. The number of nitrogens with zero attached hydrogens (tertiary/aromatic N) is 4. The molecule has 0 N–H and O–H groups in total. The van der Waals surface area contributed by atoms with Crippen LogP contribution in [0.3, 0.4) is 0 Å². The van der Waals surface area contributed by atoms with Gasteiger partial charge in [-0.05, 0) is 25.1 Å². The molecule has 2 heterocycles. The molecule has 0 radical (unpaired) electrons. The largest absolute Gasteiger partial charge is 0.416 e. The summed E-state index contributed by atoms with van der Waals surface area (Å²) >= 11 is 0. The second-order valence-electron chi connectivity index (χ2n) is 6.08. The minimum absolute atomic E-state index is 0.135. The quantitative estimate of drug-likeness (QED) is 0.488. The predicted molar refractivity (Wildman–Crippen MR) is 95.9 cm³/mol. The second kappa shape index (κ2) is 6.88. The third-order valence-corrected chi connectivity index (χ3v) is 4.01. The van der Waals surface area contributed by atoms with Crippen molar-refractivity contribution in [1.82, 2.24) is 20.1 Å². The number of aryl methyl sites for hydroxylation is 1. The molecule has 0 spiro atoms. The highest BCUT2D eigenvalue weighted by Gasteiger charge is 2.30. The number of aromatic nitrogens is 4. The highest BCUT2D eigenvalue weighted by atomic mass is 19.4. The Morgan fingerprint density at radius 2 is 1.50 bits per heavy atom. The summed E-state index contributed by atoms with van der Waals surface area (Å²) in [5.74, 6) is 0.747. The van der Waals surface area contributed by atoms with E-state index >= 15 is 0 Å². The Kier molecular flexibility index (Phi) is 4.38. The van der Waals surface area contributed by atoms with Crippen molar-refractivity contribution in [3.05, 3.63) is 71.9 Å². The topological polar surface area (TPSA) is 64.7 Å². The fourth-order valence-electron chi connectivity index (χ4n) is 2.66. The summed E-state index contributed by atoms with van der Waals surface area (Å²) in [6, 6.07) is 15.8. The van der Waals surface area contributed by atoms with Crippen LogP contribution in [-0.2, 0) is 6.18 Å². The van der Waals surface area contributed by atoms with Gasteiger partial charge in [0.2, 0.25) is 11.6 Å². The SMILES string of the molecule is Cc1cc(-c2ccc(C(F)(F)F)cc2)nc(-c2nc(-c3ccccc3)no2)n1. The molecular formula is C20H13F3N4O. The minimum Gasteiger partial charge on any atom is -0.330 e. The first kappa shape index (κ1) is 17.8. The number of rotatable bonds is 3. The van der Waals surface area contributed by atoms with E-state index in [0.29, 0.717) is 22.8 Å². The van der Waals surface area contributed by atoms with Crippen LogP contribution < -0.4 is 0 Å². The van der Waals surface area contributed by atoms with Gasteiger partial charge in [0, 0.05) is 16.8 Å². The summed E-state index contributed by atoms with van der Waals surface area (Å²) in [5.41, 5.74) is 1.69. The van der Waals surface area contributed by atoms with Crippen molar-refractivity contribution in [2.45, 2.75) is 13.1 Å². The molecule has 0 aliphatic carbocycles. The molecule has 2 aromatic carbocycles. The number of halogens is 3. The van der Waals surface area contributed by atoms with Crippen LogP contribution in [0.15, 0.2) is 65.2 Å². The van der Waals surface area contributed by atoms with E-state index in [2.05, 4.69) is 20.1 Å². The van der Waals surface area contributed by atoms with Gasteiger partial charge in [-0.15, -0.1) is 0 Å². The molecule has 4 aromatic rings. The van der Waals surface area contributed by atoms with Crippen molar-refractivity contribution in [3.8, 4) is 34.4 Å². The zero-order valence-electron chi connectivity index (χ0n) is 14.6. The van der Waals surface area contributed by atoms with Crippen LogP contribution in [0.1, 0.15) is 11.3 Å². The first-order valence-corrected chi connectivity index (χ1v) is 8.33. The molecular weight excluding hydrogens is 369 g/mol. The van der Waals surface area contributed by atoms with Crippen LogP contribution in [0.4, 0.5) is 13.2 Å². The van der Waals surface area contributed by atoms with E-state index in [4.69, 9.17) is 4.52 Å². The van der Waals surface area contributed by atoms with Crippen LogP contribution in [0.5, 0.6) is 0 Å². The standard InChI is InChI=1S/C20H13F3N4O/c1-12-11-16(13-7-9-15(10-8-13)20(21,22)23)25-18(24-12)19-26-17(27-28-19)14-5-3-2-4-6-14/h2-11H,1H3. The lowest BCUT2D eigenvalue weighted by molar-refractivity contribution is -0.137. The monoisotopic (exact) mass is 382 g/mol. The molecule has 0 saturated carbocycles. The molecule has 0 amide bonds. The van der Waals surface area contributed by atoms with Crippen molar-refractivity contribution in [2.75, 3.05) is 0 Å². The Hall–Kier alpha value is -3.55. The molecule has 0 fully saturated rings. The van der Waals surface area contributed by atoms with Crippen molar-refractivity contribution in [3.63, 3.8) is 0 Å². The maximum atomic E-state index is 12.8. The van der Waals surface area contributed by atoms with Gasteiger partial charge in [0.15, 0.2) is 0 Å². The van der Waals surface area contributed by atoms with Crippen molar-refractivity contribution < 1.29 is 17.7 Å². The molecule has 4 rings (SSSR count). The molecule has 0 saturated heterocycles. The number of alkyl halides is 3. The van der Waals surface area contributed by atoms with Crippen LogP contribution in [0.25, 0.3) is 34.4 Å². The van der Waals surface area contributed by atoms with Gasteiger partial charge in [-0.2, -0.15) is 18.2 Å². The van der Waals surface area contributed by atoms with E-state index in [1.807, 2.05) is 30.3 Å².